The second kappa shape index (κ2) is 7.24. The second-order valence-electron chi connectivity index (χ2n) is 7.22. The zero-order valence-corrected chi connectivity index (χ0v) is 14.8. The highest BCUT2D eigenvalue weighted by atomic mass is 28.3. The molecule has 2 N–H and O–H groups in total. The third kappa shape index (κ3) is 5.10. The van der Waals surface area contributed by atoms with Crippen molar-refractivity contribution in [3.05, 3.63) is 23.9 Å². The summed E-state index contributed by atoms with van der Waals surface area (Å²) in [6.07, 6.45) is 3.27. The number of rotatable bonds is 6. The van der Waals surface area contributed by atoms with E-state index in [1.807, 2.05) is 23.2 Å². The van der Waals surface area contributed by atoms with Gasteiger partial charge in [-0.3, -0.25) is 4.79 Å². The summed E-state index contributed by atoms with van der Waals surface area (Å²) in [5.41, 5.74) is 6.78. The highest BCUT2D eigenvalue weighted by molar-refractivity contribution is 6.76. The third-order valence-corrected chi connectivity index (χ3v) is 5.73. The summed E-state index contributed by atoms with van der Waals surface area (Å²) in [4.78, 5) is 18.0. The van der Waals surface area contributed by atoms with Crippen molar-refractivity contribution in [2.45, 2.75) is 44.4 Å². The lowest BCUT2D eigenvalue weighted by Gasteiger charge is -2.32. The Morgan fingerprint density at radius 1 is 1.41 bits per heavy atom. The number of amides is 1. The quantitative estimate of drug-likeness (QED) is 0.646. The summed E-state index contributed by atoms with van der Waals surface area (Å²) in [5, 5.41) is 0. The monoisotopic (exact) mass is 321 g/mol. The first kappa shape index (κ1) is 17.0. The van der Waals surface area contributed by atoms with Crippen molar-refractivity contribution < 1.29 is 9.53 Å². The van der Waals surface area contributed by atoms with Crippen molar-refractivity contribution in [2.24, 2.45) is 0 Å². The van der Waals surface area contributed by atoms with E-state index in [1.54, 1.807) is 0 Å². The molecule has 2 heterocycles. The largest absolute Gasteiger partial charge is 0.384 e. The molecule has 1 aromatic heterocycles. The van der Waals surface area contributed by atoms with Gasteiger partial charge < -0.3 is 15.4 Å². The zero-order chi connectivity index (χ0) is 16.2. The van der Waals surface area contributed by atoms with Crippen molar-refractivity contribution in [3.63, 3.8) is 0 Å². The summed E-state index contributed by atoms with van der Waals surface area (Å²) < 4.78 is 5.73. The van der Waals surface area contributed by atoms with Gasteiger partial charge in [0.25, 0.3) is 0 Å². The lowest BCUT2D eigenvalue weighted by molar-refractivity contribution is -0.139. The average Bonchev–Trinajstić information content (AvgIpc) is 2.45. The number of nitrogens with two attached hydrogens (primary N) is 1. The molecule has 6 heteroatoms. The Morgan fingerprint density at radius 3 is 2.82 bits per heavy atom. The maximum Gasteiger partial charge on any atom is 0.224 e. The molecule has 0 aliphatic carbocycles. The predicted octanol–water partition coefficient (Wildman–Crippen LogP) is 2.68. The Kier molecular flexibility index (Phi) is 5.58. The zero-order valence-electron chi connectivity index (χ0n) is 13.8. The number of hydrogen-bond acceptors (Lipinski definition) is 4. The van der Waals surface area contributed by atoms with Gasteiger partial charge in [-0.2, -0.15) is 0 Å². The molecule has 5 nitrogen and oxygen atoms in total. The summed E-state index contributed by atoms with van der Waals surface area (Å²) in [6.45, 7) is 8.83. The molecular formula is C16H27N3O2Si. The molecule has 122 valence electrons. The topological polar surface area (TPSA) is 68.5 Å². The van der Waals surface area contributed by atoms with Gasteiger partial charge in [-0.1, -0.05) is 25.7 Å². The number of piperidine rings is 1. The van der Waals surface area contributed by atoms with Gasteiger partial charge in [0.1, 0.15) is 12.5 Å². The molecule has 1 atom stereocenters. The SMILES string of the molecule is C[Si](C)(C)CCOCN1C[C@@H](c2ccc(N)nc2)CCC1=O. The average molecular weight is 321 g/mol. The van der Waals surface area contributed by atoms with Crippen LogP contribution in [0.3, 0.4) is 0 Å². The highest BCUT2D eigenvalue weighted by Crippen LogP contribution is 2.27. The minimum atomic E-state index is -1.08. The molecule has 1 amide bonds. The lowest BCUT2D eigenvalue weighted by atomic mass is 9.91. The van der Waals surface area contributed by atoms with Crippen LogP contribution in [0.25, 0.3) is 0 Å². The number of hydrogen-bond donors (Lipinski definition) is 1. The number of anilines is 1. The van der Waals surface area contributed by atoms with E-state index in [0.29, 0.717) is 31.4 Å². The molecule has 1 fully saturated rings. The van der Waals surface area contributed by atoms with Crippen molar-refractivity contribution in [3.8, 4) is 0 Å². The first-order valence-corrected chi connectivity index (χ1v) is 11.6. The van der Waals surface area contributed by atoms with Gasteiger partial charge in [-0.25, -0.2) is 4.98 Å². The number of ether oxygens (including phenoxy) is 1. The Hall–Kier alpha value is -1.40. The summed E-state index contributed by atoms with van der Waals surface area (Å²) >= 11 is 0. The number of pyridine rings is 1. The fourth-order valence-corrected chi connectivity index (χ4v) is 3.28. The lowest BCUT2D eigenvalue weighted by Crippen LogP contribution is -2.40. The molecule has 0 saturated carbocycles. The third-order valence-electron chi connectivity index (χ3n) is 4.02. The van der Waals surface area contributed by atoms with Gasteiger partial charge in [-0.05, 0) is 24.1 Å². The summed E-state index contributed by atoms with van der Waals surface area (Å²) in [5.74, 6) is 1.04. The molecule has 0 spiro atoms. The number of likely N-dealkylation sites (tertiary alicyclic amines) is 1. The van der Waals surface area contributed by atoms with Crippen LogP contribution in [-0.2, 0) is 9.53 Å². The number of carbonyl (C=O) groups is 1. The van der Waals surface area contributed by atoms with E-state index in [4.69, 9.17) is 10.5 Å². The molecule has 2 rings (SSSR count). The molecule has 1 aromatic rings. The molecule has 22 heavy (non-hydrogen) atoms. The summed E-state index contributed by atoms with van der Waals surface area (Å²) in [6, 6.07) is 4.95. The van der Waals surface area contributed by atoms with Crippen LogP contribution in [0.5, 0.6) is 0 Å². The van der Waals surface area contributed by atoms with Crippen LogP contribution >= 0.6 is 0 Å². The van der Waals surface area contributed by atoms with Crippen LogP contribution < -0.4 is 5.73 Å². The van der Waals surface area contributed by atoms with Crippen molar-refractivity contribution in [1.82, 2.24) is 9.88 Å². The summed E-state index contributed by atoms with van der Waals surface area (Å²) in [7, 11) is -1.08. The van der Waals surface area contributed by atoms with E-state index in [-0.39, 0.29) is 5.91 Å². The minimum Gasteiger partial charge on any atom is -0.384 e. The molecule has 1 aliphatic heterocycles. The molecule has 0 bridgehead atoms. The van der Waals surface area contributed by atoms with Crippen molar-refractivity contribution in [1.29, 1.82) is 0 Å². The van der Waals surface area contributed by atoms with Crippen molar-refractivity contribution in [2.75, 3.05) is 25.6 Å². The van der Waals surface area contributed by atoms with Crippen LogP contribution in [0.15, 0.2) is 18.3 Å². The van der Waals surface area contributed by atoms with E-state index >= 15 is 0 Å². The smallest absolute Gasteiger partial charge is 0.224 e. The number of aromatic nitrogens is 1. The fraction of sp³-hybridized carbons (Fsp3) is 0.625. The Bertz CT molecular complexity index is 499. The second-order valence-corrected chi connectivity index (χ2v) is 12.8. The number of nitrogens with zero attached hydrogens (tertiary/aromatic N) is 2. The maximum atomic E-state index is 12.0. The van der Waals surface area contributed by atoms with Crippen LogP contribution in [0.1, 0.15) is 24.3 Å². The molecule has 1 aliphatic rings. The minimum absolute atomic E-state index is 0.188. The number of carbonyl (C=O) groups excluding carboxylic acids is 1. The standard InChI is InChI=1S/C16H27N3O2Si/c1-22(2,3)9-8-21-12-19-11-14(5-7-16(19)20)13-4-6-15(17)18-10-13/h4,6,10,14H,5,7-9,11-12H2,1-3H3,(H2,17,18)/t14-/m0/s1. The number of nitrogen functional groups attached to an aromatic ring is 1. The maximum absolute atomic E-state index is 12.0. The van der Waals surface area contributed by atoms with Gasteiger partial charge in [0.15, 0.2) is 0 Å². The van der Waals surface area contributed by atoms with Gasteiger partial charge in [0.2, 0.25) is 5.91 Å². The Balaban J connectivity index is 1.85. The van der Waals surface area contributed by atoms with Gasteiger partial charge in [0.05, 0.1) is 0 Å². The molecular weight excluding hydrogens is 294 g/mol. The molecule has 0 radical (unpaired) electrons. The van der Waals surface area contributed by atoms with Gasteiger partial charge in [0, 0.05) is 39.8 Å². The first-order valence-electron chi connectivity index (χ1n) is 7.92. The van der Waals surface area contributed by atoms with Gasteiger partial charge >= 0.3 is 0 Å². The van der Waals surface area contributed by atoms with E-state index in [0.717, 1.165) is 24.6 Å². The Morgan fingerprint density at radius 2 is 2.18 bits per heavy atom. The fourth-order valence-electron chi connectivity index (χ4n) is 2.52. The van der Waals surface area contributed by atoms with E-state index < -0.39 is 8.07 Å². The van der Waals surface area contributed by atoms with E-state index in [9.17, 15) is 4.79 Å². The van der Waals surface area contributed by atoms with Crippen LogP contribution in [0.4, 0.5) is 5.82 Å². The first-order chi connectivity index (χ1) is 10.3. The van der Waals surface area contributed by atoms with Crippen molar-refractivity contribution >= 4 is 19.8 Å². The van der Waals surface area contributed by atoms with Crippen LogP contribution in [-0.4, -0.2) is 43.7 Å². The molecule has 1 saturated heterocycles. The van der Waals surface area contributed by atoms with Crippen LogP contribution in [0.2, 0.25) is 25.7 Å². The molecule has 0 unspecified atom stereocenters. The van der Waals surface area contributed by atoms with E-state index in [2.05, 4.69) is 24.6 Å². The normalized spacial score (nSPS) is 19.5. The Labute approximate surface area is 133 Å². The van der Waals surface area contributed by atoms with Crippen LogP contribution in [0, 0.1) is 0 Å². The van der Waals surface area contributed by atoms with Gasteiger partial charge in [-0.15, -0.1) is 0 Å². The highest BCUT2D eigenvalue weighted by Gasteiger charge is 2.27. The predicted molar refractivity (Wildman–Crippen MR) is 91.3 cm³/mol. The molecule has 0 aromatic carbocycles. The van der Waals surface area contributed by atoms with E-state index in [1.165, 1.54) is 0 Å².